The Labute approximate surface area is 149 Å². The molecule has 1 saturated heterocycles. The molecule has 0 aliphatic carbocycles. The zero-order valence-corrected chi connectivity index (χ0v) is 13.7. The number of morpholine rings is 1. The molecular weight excluding hydrogens is 336 g/mol. The first kappa shape index (κ1) is 17.2. The van der Waals surface area contributed by atoms with Crippen molar-refractivity contribution in [1.29, 1.82) is 10.5 Å². The number of rotatable bonds is 4. The molecule has 0 spiro atoms. The van der Waals surface area contributed by atoms with Gasteiger partial charge in [0.05, 0.1) is 18.1 Å². The zero-order valence-electron chi connectivity index (χ0n) is 13.7. The van der Waals surface area contributed by atoms with Gasteiger partial charge >= 0.3 is 0 Å². The van der Waals surface area contributed by atoms with Crippen molar-refractivity contribution < 1.29 is 14.1 Å². The van der Waals surface area contributed by atoms with E-state index in [-0.39, 0.29) is 11.3 Å². The van der Waals surface area contributed by atoms with Crippen LogP contribution in [-0.4, -0.2) is 31.2 Å². The molecule has 1 aromatic heterocycles. The second kappa shape index (κ2) is 7.51. The first-order valence-electron chi connectivity index (χ1n) is 7.85. The first-order valence-corrected chi connectivity index (χ1v) is 7.85. The summed E-state index contributed by atoms with van der Waals surface area (Å²) in [7, 11) is 0. The van der Waals surface area contributed by atoms with E-state index >= 15 is 0 Å². The largest absolute Gasteiger partial charge is 0.457 e. The summed E-state index contributed by atoms with van der Waals surface area (Å²) in [6.45, 7) is 2.27. The highest BCUT2D eigenvalue weighted by Gasteiger charge is 2.22. The van der Waals surface area contributed by atoms with Gasteiger partial charge in [0.1, 0.15) is 34.9 Å². The van der Waals surface area contributed by atoms with Gasteiger partial charge in [-0.25, -0.2) is 0 Å². The van der Waals surface area contributed by atoms with Crippen LogP contribution in [-0.2, 0) is 4.74 Å². The van der Waals surface area contributed by atoms with Crippen LogP contribution in [0.25, 0.3) is 17.4 Å². The third-order valence-corrected chi connectivity index (χ3v) is 3.96. The minimum absolute atomic E-state index is 0.00682. The molecular formula is C18H14N4O4. The molecule has 2 heterocycles. The summed E-state index contributed by atoms with van der Waals surface area (Å²) in [4.78, 5) is 13.0. The van der Waals surface area contributed by atoms with Crippen molar-refractivity contribution in [3.8, 4) is 23.5 Å². The van der Waals surface area contributed by atoms with Crippen LogP contribution in [0.5, 0.6) is 0 Å². The van der Waals surface area contributed by atoms with Crippen molar-refractivity contribution in [2.45, 2.75) is 0 Å². The van der Waals surface area contributed by atoms with E-state index < -0.39 is 4.92 Å². The molecule has 0 unspecified atom stereocenters. The van der Waals surface area contributed by atoms with Crippen LogP contribution in [0.3, 0.4) is 0 Å². The van der Waals surface area contributed by atoms with Crippen molar-refractivity contribution >= 4 is 17.5 Å². The minimum Gasteiger partial charge on any atom is -0.457 e. The number of hydrogen-bond acceptors (Lipinski definition) is 7. The lowest BCUT2D eigenvalue weighted by Crippen LogP contribution is -2.36. The Kier molecular flexibility index (Phi) is 4.97. The second-order valence-electron chi connectivity index (χ2n) is 5.54. The molecule has 130 valence electrons. The van der Waals surface area contributed by atoms with Crippen LogP contribution >= 0.6 is 0 Å². The molecule has 0 radical (unpaired) electrons. The van der Waals surface area contributed by atoms with Crippen molar-refractivity contribution in [1.82, 2.24) is 0 Å². The van der Waals surface area contributed by atoms with Gasteiger partial charge in [0.25, 0.3) is 5.69 Å². The number of allylic oxidation sites excluding steroid dienone is 1. The fraction of sp³-hybridized carbons (Fsp3) is 0.222. The van der Waals surface area contributed by atoms with Crippen LogP contribution < -0.4 is 4.90 Å². The maximum atomic E-state index is 11.5. The van der Waals surface area contributed by atoms with Gasteiger partial charge in [0.2, 0.25) is 0 Å². The van der Waals surface area contributed by atoms with Crippen LogP contribution in [0.1, 0.15) is 5.76 Å². The Morgan fingerprint density at radius 2 is 1.92 bits per heavy atom. The fourth-order valence-electron chi connectivity index (χ4n) is 2.71. The summed E-state index contributed by atoms with van der Waals surface area (Å²) in [6, 6.07) is 11.7. The monoisotopic (exact) mass is 350 g/mol. The quantitative estimate of drug-likeness (QED) is 0.472. The van der Waals surface area contributed by atoms with E-state index in [1.165, 1.54) is 12.1 Å². The summed E-state index contributed by atoms with van der Waals surface area (Å²) in [5, 5.41) is 29.1. The number of hydrogen-bond donors (Lipinski definition) is 0. The molecule has 2 aromatic rings. The van der Waals surface area contributed by atoms with E-state index in [4.69, 9.17) is 19.7 Å². The molecule has 0 N–H and O–H groups in total. The van der Waals surface area contributed by atoms with Crippen LogP contribution in [0.4, 0.5) is 11.4 Å². The molecule has 0 bridgehead atoms. The summed E-state index contributed by atoms with van der Waals surface area (Å²) in [5.74, 6) is 0.751. The van der Waals surface area contributed by atoms with Gasteiger partial charge in [0, 0.05) is 30.8 Å². The SMILES string of the molecule is N#CC(C#N)=Cc1ccc(-c2ccc(N3CCOCC3)c([N+](=O)[O-])c2)o1. The van der Waals surface area contributed by atoms with Crippen molar-refractivity contribution in [3.63, 3.8) is 0 Å². The smallest absolute Gasteiger partial charge is 0.293 e. The number of anilines is 1. The molecule has 1 fully saturated rings. The first-order chi connectivity index (χ1) is 12.6. The van der Waals surface area contributed by atoms with Crippen molar-refractivity contribution in [2.24, 2.45) is 0 Å². The topological polar surface area (TPSA) is 116 Å². The molecule has 8 heteroatoms. The summed E-state index contributed by atoms with van der Waals surface area (Å²) >= 11 is 0. The number of ether oxygens (including phenoxy) is 1. The highest BCUT2D eigenvalue weighted by molar-refractivity contribution is 5.73. The highest BCUT2D eigenvalue weighted by Crippen LogP contribution is 2.34. The van der Waals surface area contributed by atoms with Gasteiger partial charge in [0.15, 0.2) is 0 Å². The Morgan fingerprint density at radius 3 is 2.58 bits per heavy atom. The van der Waals surface area contributed by atoms with E-state index in [9.17, 15) is 10.1 Å². The van der Waals surface area contributed by atoms with E-state index in [2.05, 4.69) is 0 Å². The van der Waals surface area contributed by atoms with Crippen molar-refractivity contribution in [3.05, 3.63) is 51.8 Å². The molecule has 1 aromatic carbocycles. The van der Waals surface area contributed by atoms with E-state index in [0.29, 0.717) is 49.1 Å². The predicted molar refractivity (Wildman–Crippen MR) is 93.0 cm³/mol. The zero-order chi connectivity index (χ0) is 18.5. The third kappa shape index (κ3) is 3.56. The lowest BCUT2D eigenvalue weighted by Gasteiger charge is -2.28. The molecule has 1 aliphatic heterocycles. The minimum atomic E-state index is -0.415. The number of benzene rings is 1. The maximum absolute atomic E-state index is 11.5. The molecule has 26 heavy (non-hydrogen) atoms. The summed E-state index contributed by atoms with van der Waals surface area (Å²) in [5.41, 5.74) is 1.00. The lowest BCUT2D eigenvalue weighted by molar-refractivity contribution is -0.384. The normalized spacial score (nSPS) is 13.5. The number of nitro benzene ring substituents is 1. The van der Waals surface area contributed by atoms with Gasteiger partial charge in [-0.15, -0.1) is 0 Å². The molecule has 8 nitrogen and oxygen atoms in total. The van der Waals surface area contributed by atoms with Crippen molar-refractivity contribution in [2.75, 3.05) is 31.2 Å². The molecule has 0 saturated carbocycles. The Bertz CT molecular complexity index is 927. The van der Waals surface area contributed by atoms with Gasteiger partial charge < -0.3 is 14.1 Å². The van der Waals surface area contributed by atoms with E-state index in [1.807, 2.05) is 4.90 Å². The average Bonchev–Trinajstić information content (AvgIpc) is 3.15. The van der Waals surface area contributed by atoms with Crippen LogP contribution in [0, 0.1) is 32.8 Å². The van der Waals surface area contributed by atoms with Gasteiger partial charge in [-0.05, 0) is 24.3 Å². The predicted octanol–water partition coefficient (Wildman–Crippen LogP) is 3.12. The number of nitriles is 2. The van der Waals surface area contributed by atoms with E-state index in [0.717, 1.165) is 0 Å². The fourth-order valence-corrected chi connectivity index (χ4v) is 2.71. The summed E-state index contributed by atoms with van der Waals surface area (Å²) < 4.78 is 10.9. The standard InChI is InChI=1S/C18H14N4O4/c19-11-13(12-20)9-15-2-4-18(26-15)14-1-3-16(17(10-14)22(23)24)21-5-7-25-8-6-21/h1-4,9-10H,5-8H2. The Hall–Kier alpha value is -3.62. The molecule has 3 rings (SSSR count). The number of nitrogens with zero attached hydrogens (tertiary/aromatic N) is 4. The maximum Gasteiger partial charge on any atom is 0.293 e. The molecule has 0 amide bonds. The Balaban J connectivity index is 1.95. The van der Waals surface area contributed by atoms with E-state index in [1.54, 1.807) is 36.4 Å². The second-order valence-corrected chi connectivity index (χ2v) is 5.54. The highest BCUT2D eigenvalue weighted by atomic mass is 16.6. The average molecular weight is 350 g/mol. The van der Waals surface area contributed by atoms with Crippen LogP contribution in [0.15, 0.2) is 40.3 Å². The number of furan rings is 1. The Morgan fingerprint density at radius 1 is 1.19 bits per heavy atom. The van der Waals surface area contributed by atoms with Gasteiger partial charge in [-0.2, -0.15) is 10.5 Å². The van der Waals surface area contributed by atoms with Gasteiger partial charge in [-0.3, -0.25) is 10.1 Å². The third-order valence-electron chi connectivity index (χ3n) is 3.96. The number of nitro groups is 1. The van der Waals surface area contributed by atoms with Crippen LogP contribution in [0.2, 0.25) is 0 Å². The lowest BCUT2D eigenvalue weighted by atomic mass is 10.1. The summed E-state index contributed by atoms with van der Waals surface area (Å²) in [6.07, 6.45) is 1.32. The molecule has 1 aliphatic rings. The molecule has 0 atom stereocenters. The van der Waals surface area contributed by atoms with Gasteiger partial charge in [-0.1, -0.05) is 0 Å².